The standard InChI is InChI=1S/C9H7BrClN3O/c1-14-5-7(4-13-14)15-9-8(10)2-6(11)3-12-9/h2-5H,1H3. The third-order valence-electron chi connectivity index (χ3n) is 1.67. The number of hydrogen-bond acceptors (Lipinski definition) is 3. The maximum atomic E-state index is 5.76. The first-order valence-electron chi connectivity index (χ1n) is 4.13. The molecule has 15 heavy (non-hydrogen) atoms. The molecule has 0 aromatic carbocycles. The monoisotopic (exact) mass is 287 g/mol. The number of nitrogens with zero attached hydrogens (tertiary/aromatic N) is 3. The molecule has 78 valence electrons. The van der Waals surface area contributed by atoms with Gasteiger partial charge in [0.2, 0.25) is 5.88 Å². The highest BCUT2D eigenvalue weighted by molar-refractivity contribution is 9.10. The highest BCUT2D eigenvalue weighted by atomic mass is 79.9. The van der Waals surface area contributed by atoms with Gasteiger partial charge in [0.1, 0.15) is 0 Å². The molecule has 2 aromatic heterocycles. The minimum atomic E-state index is 0.465. The number of aryl methyl sites for hydroxylation is 1. The topological polar surface area (TPSA) is 39.9 Å². The van der Waals surface area contributed by atoms with E-state index >= 15 is 0 Å². The Morgan fingerprint density at radius 3 is 2.87 bits per heavy atom. The van der Waals surface area contributed by atoms with Gasteiger partial charge in [0.15, 0.2) is 5.75 Å². The molecule has 6 heteroatoms. The van der Waals surface area contributed by atoms with E-state index in [0.29, 0.717) is 21.1 Å². The zero-order valence-corrected chi connectivity index (χ0v) is 10.2. The lowest BCUT2D eigenvalue weighted by Crippen LogP contribution is -1.88. The molecule has 2 heterocycles. The summed E-state index contributed by atoms with van der Waals surface area (Å²) in [5, 5.41) is 4.54. The van der Waals surface area contributed by atoms with Crippen LogP contribution in [0.4, 0.5) is 0 Å². The third kappa shape index (κ3) is 2.49. The minimum Gasteiger partial charge on any atom is -0.435 e. The number of aromatic nitrogens is 3. The Labute approximate surface area is 100.0 Å². The van der Waals surface area contributed by atoms with Crippen molar-refractivity contribution >= 4 is 27.5 Å². The molecule has 2 rings (SSSR count). The van der Waals surface area contributed by atoms with E-state index < -0.39 is 0 Å². The number of ether oxygens (including phenoxy) is 1. The van der Waals surface area contributed by atoms with Crippen LogP contribution in [0.3, 0.4) is 0 Å². The van der Waals surface area contributed by atoms with E-state index in [-0.39, 0.29) is 0 Å². The van der Waals surface area contributed by atoms with Crippen molar-refractivity contribution in [3.8, 4) is 11.6 Å². The molecule has 0 saturated carbocycles. The molecule has 0 amide bonds. The Morgan fingerprint density at radius 2 is 2.27 bits per heavy atom. The molecular formula is C9H7BrClN3O. The molecule has 0 saturated heterocycles. The Balaban J connectivity index is 2.24. The molecule has 0 atom stereocenters. The molecule has 4 nitrogen and oxygen atoms in total. The van der Waals surface area contributed by atoms with Gasteiger partial charge in [-0.2, -0.15) is 5.10 Å². The number of hydrogen-bond donors (Lipinski definition) is 0. The summed E-state index contributed by atoms with van der Waals surface area (Å²) in [6, 6.07) is 1.72. The molecule has 0 aliphatic rings. The van der Waals surface area contributed by atoms with Gasteiger partial charge in [0.05, 0.1) is 21.9 Å². The van der Waals surface area contributed by atoms with Crippen LogP contribution in [0.25, 0.3) is 0 Å². The fourth-order valence-corrected chi connectivity index (χ4v) is 1.76. The van der Waals surface area contributed by atoms with Crippen molar-refractivity contribution in [3.05, 3.63) is 34.2 Å². The maximum absolute atomic E-state index is 5.76. The first kappa shape index (κ1) is 10.4. The highest BCUT2D eigenvalue weighted by Crippen LogP contribution is 2.28. The van der Waals surface area contributed by atoms with Gasteiger partial charge >= 0.3 is 0 Å². The molecule has 0 bridgehead atoms. The van der Waals surface area contributed by atoms with Crippen LogP contribution >= 0.6 is 27.5 Å². The summed E-state index contributed by atoms with van der Waals surface area (Å²) in [6.07, 6.45) is 4.89. The van der Waals surface area contributed by atoms with Gasteiger partial charge in [0.25, 0.3) is 0 Å². The second kappa shape index (κ2) is 4.20. The average Bonchev–Trinajstić information content (AvgIpc) is 2.56. The van der Waals surface area contributed by atoms with Crippen molar-refractivity contribution < 1.29 is 4.74 Å². The molecular weight excluding hydrogens is 281 g/mol. The molecule has 0 unspecified atom stereocenters. The van der Waals surface area contributed by atoms with Crippen LogP contribution in [0.2, 0.25) is 5.02 Å². The molecule has 2 aromatic rings. The van der Waals surface area contributed by atoms with Crippen molar-refractivity contribution in [1.82, 2.24) is 14.8 Å². The van der Waals surface area contributed by atoms with Gasteiger partial charge < -0.3 is 4.74 Å². The zero-order valence-electron chi connectivity index (χ0n) is 7.82. The minimum absolute atomic E-state index is 0.465. The van der Waals surface area contributed by atoms with Gasteiger partial charge in [-0.05, 0) is 22.0 Å². The van der Waals surface area contributed by atoms with Crippen LogP contribution in [-0.2, 0) is 7.05 Å². The lowest BCUT2D eigenvalue weighted by Gasteiger charge is -2.03. The highest BCUT2D eigenvalue weighted by Gasteiger charge is 2.06. The second-order valence-electron chi connectivity index (χ2n) is 2.89. The molecule has 0 aliphatic carbocycles. The van der Waals surface area contributed by atoms with Crippen LogP contribution in [0.15, 0.2) is 29.1 Å². The quantitative estimate of drug-likeness (QED) is 0.853. The Morgan fingerprint density at radius 1 is 1.47 bits per heavy atom. The lowest BCUT2D eigenvalue weighted by molar-refractivity contribution is 0.459. The van der Waals surface area contributed by atoms with E-state index in [1.807, 2.05) is 7.05 Å². The smallest absolute Gasteiger partial charge is 0.233 e. The fourth-order valence-electron chi connectivity index (χ4n) is 1.04. The van der Waals surface area contributed by atoms with E-state index in [1.165, 1.54) is 6.20 Å². The van der Waals surface area contributed by atoms with E-state index in [2.05, 4.69) is 26.0 Å². The van der Waals surface area contributed by atoms with Gasteiger partial charge in [0, 0.05) is 13.2 Å². The largest absolute Gasteiger partial charge is 0.435 e. The number of rotatable bonds is 2. The van der Waals surface area contributed by atoms with Gasteiger partial charge in [-0.15, -0.1) is 0 Å². The van der Waals surface area contributed by atoms with Gasteiger partial charge in [-0.3, -0.25) is 4.68 Å². The predicted molar refractivity (Wildman–Crippen MR) is 60.2 cm³/mol. The van der Waals surface area contributed by atoms with Gasteiger partial charge in [-0.25, -0.2) is 4.98 Å². The van der Waals surface area contributed by atoms with E-state index in [0.717, 1.165) is 0 Å². The lowest BCUT2D eigenvalue weighted by atomic mass is 10.5. The molecule has 0 spiro atoms. The molecule has 0 fully saturated rings. The van der Waals surface area contributed by atoms with Crippen molar-refractivity contribution in [2.75, 3.05) is 0 Å². The van der Waals surface area contributed by atoms with Crippen molar-refractivity contribution in [3.63, 3.8) is 0 Å². The fraction of sp³-hybridized carbons (Fsp3) is 0.111. The third-order valence-corrected chi connectivity index (χ3v) is 2.44. The van der Waals surface area contributed by atoms with E-state index in [1.54, 1.807) is 23.1 Å². The summed E-state index contributed by atoms with van der Waals surface area (Å²) >= 11 is 9.07. The molecule has 0 N–H and O–H groups in total. The zero-order chi connectivity index (χ0) is 10.8. The van der Waals surface area contributed by atoms with Crippen LogP contribution in [0.5, 0.6) is 11.6 Å². The number of halogens is 2. The van der Waals surface area contributed by atoms with Crippen molar-refractivity contribution in [1.29, 1.82) is 0 Å². The van der Waals surface area contributed by atoms with Gasteiger partial charge in [-0.1, -0.05) is 11.6 Å². The van der Waals surface area contributed by atoms with Crippen LogP contribution in [0, 0.1) is 0 Å². The maximum Gasteiger partial charge on any atom is 0.233 e. The Kier molecular flexibility index (Phi) is 2.93. The van der Waals surface area contributed by atoms with Crippen LogP contribution < -0.4 is 4.74 Å². The molecule has 0 aliphatic heterocycles. The SMILES string of the molecule is Cn1cc(Oc2ncc(Cl)cc2Br)cn1. The average molecular weight is 289 g/mol. The predicted octanol–water partition coefficient (Wildman–Crippen LogP) is 3.02. The Bertz CT molecular complexity index is 486. The summed E-state index contributed by atoms with van der Waals surface area (Å²) in [5.41, 5.74) is 0. The Hall–Kier alpha value is -1.07. The van der Waals surface area contributed by atoms with Crippen LogP contribution in [-0.4, -0.2) is 14.8 Å². The summed E-state index contributed by atoms with van der Waals surface area (Å²) in [5.74, 6) is 1.10. The summed E-state index contributed by atoms with van der Waals surface area (Å²) in [4.78, 5) is 4.04. The summed E-state index contributed by atoms with van der Waals surface area (Å²) in [6.45, 7) is 0. The van der Waals surface area contributed by atoms with Crippen LogP contribution in [0.1, 0.15) is 0 Å². The summed E-state index contributed by atoms with van der Waals surface area (Å²) in [7, 11) is 1.82. The number of pyridine rings is 1. The summed E-state index contributed by atoms with van der Waals surface area (Å²) < 4.78 is 7.84. The first-order valence-corrected chi connectivity index (χ1v) is 5.30. The first-order chi connectivity index (χ1) is 7.15. The van der Waals surface area contributed by atoms with E-state index in [9.17, 15) is 0 Å². The van der Waals surface area contributed by atoms with Crippen molar-refractivity contribution in [2.24, 2.45) is 7.05 Å². The van der Waals surface area contributed by atoms with Crippen molar-refractivity contribution in [2.45, 2.75) is 0 Å². The second-order valence-corrected chi connectivity index (χ2v) is 4.18. The van der Waals surface area contributed by atoms with E-state index in [4.69, 9.17) is 16.3 Å². The normalized spacial score (nSPS) is 10.3. The molecule has 0 radical (unpaired) electrons.